The molecule has 1 unspecified atom stereocenters. The number of hydrogen-bond donors (Lipinski definition) is 1. The normalized spacial score (nSPS) is 12.2. The Labute approximate surface area is 136 Å². The van der Waals surface area contributed by atoms with Gasteiger partial charge in [-0.3, -0.25) is 4.79 Å². The van der Waals surface area contributed by atoms with Crippen molar-refractivity contribution in [1.82, 2.24) is 9.97 Å². The Balaban J connectivity index is 2.53. The highest BCUT2D eigenvalue weighted by atomic mass is 79.9. The minimum absolute atomic E-state index is 0.559. The lowest BCUT2D eigenvalue weighted by Crippen LogP contribution is -2.13. The smallest absolute Gasteiger partial charge is 0.310 e. The van der Waals surface area contributed by atoms with E-state index in [1.807, 2.05) is 12.1 Å². The van der Waals surface area contributed by atoms with Crippen LogP contribution in [0.25, 0.3) is 11.4 Å². The van der Waals surface area contributed by atoms with Crippen LogP contribution in [-0.2, 0) is 4.79 Å². The predicted molar refractivity (Wildman–Crippen MR) is 85.7 cm³/mol. The standard InChI is InChI=1S/C15H14BrClN2O2/c1-7(15(20)21)13-8(2)18-14(19-9(13)3)10-4-5-12(17)11(16)6-10/h4-7H,1-3H3,(H,20,21). The van der Waals surface area contributed by atoms with Gasteiger partial charge in [-0.2, -0.15) is 0 Å². The van der Waals surface area contributed by atoms with Gasteiger partial charge in [-0.1, -0.05) is 11.6 Å². The van der Waals surface area contributed by atoms with Gasteiger partial charge in [0.05, 0.1) is 10.9 Å². The summed E-state index contributed by atoms with van der Waals surface area (Å²) in [5, 5.41) is 9.78. The lowest BCUT2D eigenvalue weighted by Gasteiger charge is -2.14. The van der Waals surface area contributed by atoms with Gasteiger partial charge >= 0.3 is 5.97 Å². The van der Waals surface area contributed by atoms with Crippen LogP contribution in [0.5, 0.6) is 0 Å². The Morgan fingerprint density at radius 2 is 1.86 bits per heavy atom. The van der Waals surface area contributed by atoms with Crippen molar-refractivity contribution in [1.29, 1.82) is 0 Å². The van der Waals surface area contributed by atoms with Gasteiger partial charge in [-0.05, 0) is 54.9 Å². The second-order valence-corrected chi connectivity index (χ2v) is 6.08. The molecule has 21 heavy (non-hydrogen) atoms. The molecule has 1 heterocycles. The molecule has 0 fully saturated rings. The molecule has 0 amide bonds. The lowest BCUT2D eigenvalue weighted by molar-refractivity contribution is -0.138. The van der Waals surface area contributed by atoms with Crippen molar-refractivity contribution < 1.29 is 9.90 Å². The summed E-state index contributed by atoms with van der Waals surface area (Å²) in [7, 11) is 0. The van der Waals surface area contributed by atoms with Crippen molar-refractivity contribution >= 4 is 33.5 Å². The number of rotatable bonds is 3. The molecule has 0 saturated carbocycles. The van der Waals surface area contributed by atoms with Crippen LogP contribution in [0.1, 0.15) is 29.8 Å². The van der Waals surface area contributed by atoms with Crippen molar-refractivity contribution in [2.45, 2.75) is 26.7 Å². The maximum absolute atomic E-state index is 11.2. The molecule has 0 spiro atoms. The molecule has 6 heteroatoms. The molecule has 0 aliphatic heterocycles. The van der Waals surface area contributed by atoms with Gasteiger partial charge in [0.1, 0.15) is 0 Å². The van der Waals surface area contributed by atoms with Gasteiger partial charge in [0, 0.05) is 27.0 Å². The first-order valence-electron chi connectivity index (χ1n) is 6.34. The molecular formula is C15H14BrClN2O2. The molecule has 0 aliphatic rings. The average Bonchev–Trinajstić information content (AvgIpc) is 2.40. The Morgan fingerprint density at radius 3 is 2.33 bits per heavy atom. The molecule has 2 rings (SSSR count). The minimum atomic E-state index is -0.883. The fraction of sp³-hybridized carbons (Fsp3) is 0.267. The van der Waals surface area contributed by atoms with E-state index in [2.05, 4.69) is 25.9 Å². The van der Waals surface area contributed by atoms with Crippen molar-refractivity contribution in [3.63, 3.8) is 0 Å². The number of carboxylic acids is 1. The molecule has 1 atom stereocenters. The second-order valence-electron chi connectivity index (χ2n) is 4.82. The van der Waals surface area contributed by atoms with E-state index in [1.54, 1.807) is 26.8 Å². The maximum Gasteiger partial charge on any atom is 0.310 e. The minimum Gasteiger partial charge on any atom is -0.481 e. The second kappa shape index (κ2) is 6.12. The molecule has 110 valence electrons. The summed E-state index contributed by atoms with van der Waals surface area (Å²) in [4.78, 5) is 20.0. The average molecular weight is 370 g/mol. The van der Waals surface area contributed by atoms with Gasteiger partial charge in [-0.25, -0.2) is 9.97 Å². The molecule has 0 bridgehead atoms. The van der Waals surface area contributed by atoms with E-state index in [1.165, 1.54) is 0 Å². The highest BCUT2D eigenvalue weighted by Crippen LogP contribution is 2.29. The molecule has 0 radical (unpaired) electrons. The van der Waals surface area contributed by atoms with Crippen LogP contribution in [0.15, 0.2) is 22.7 Å². The fourth-order valence-corrected chi connectivity index (χ4v) is 2.74. The summed E-state index contributed by atoms with van der Waals surface area (Å²) in [6.07, 6.45) is 0. The number of halogens is 2. The molecule has 4 nitrogen and oxygen atoms in total. The van der Waals surface area contributed by atoms with Crippen molar-refractivity contribution in [2.24, 2.45) is 0 Å². The van der Waals surface area contributed by atoms with Gasteiger partial charge in [-0.15, -0.1) is 0 Å². The zero-order valence-electron chi connectivity index (χ0n) is 11.8. The Hall–Kier alpha value is -1.46. The molecule has 0 aliphatic carbocycles. The lowest BCUT2D eigenvalue weighted by atomic mass is 9.98. The van der Waals surface area contributed by atoms with Crippen LogP contribution in [0.2, 0.25) is 5.02 Å². The van der Waals surface area contributed by atoms with E-state index in [0.29, 0.717) is 27.8 Å². The summed E-state index contributed by atoms with van der Waals surface area (Å²) in [6, 6.07) is 5.45. The van der Waals surface area contributed by atoms with E-state index in [4.69, 9.17) is 16.7 Å². The zero-order chi connectivity index (χ0) is 15.7. The molecule has 1 N–H and O–H groups in total. The monoisotopic (exact) mass is 368 g/mol. The van der Waals surface area contributed by atoms with Crippen molar-refractivity contribution in [3.8, 4) is 11.4 Å². The van der Waals surface area contributed by atoms with Crippen LogP contribution < -0.4 is 0 Å². The Bertz CT molecular complexity index is 696. The fourth-order valence-electron chi connectivity index (χ4n) is 2.24. The topological polar surface area (TPSA) is 63.1 Å². The summed E-state index contributed by atoms with van der Waals surface area (Å²) in [5.74, 6) is -0.952. The number of aryl methyl sites for hydroxylation is 2. The molecule has 1 aromatic carbocycles. The Morgan fingerprint density at radius 1 is 1.29 bits per heavy atom. The largest absolute Gasteiger partial charge is 0.481 e. The maximum atomic E-state index is 11.2. The van der Waals surface area contributed by atoms with Crippen LogP contribution in [0, 0.1) is 13.8 Å². The third-order valence-electron chi connectivity index (χ3n) is 3.31. The molecule has 0 saturated heterocycles. The van der Waals surface area contributed by atoms with Crippen LogP contribution in [0.4, 0.5) is 0 Å². The third kappa shape index (κ3) is 3.24. The first kappa shape index (κ1) is 15.9. The number of aromatic nitrogens is 2. The summed E-state index contributed by atoms with van der Waals surface area (Å²) < 4.78 is 0.767. The SMILES string of the molecule is Cc1nc(-c2ccc(Cl)c(Br)c2)nc(C)c1C(C)C(=O)O. The van der Waals surface area contributed by atoms with Crippen LogP contribution in [-0.4, -0.2) is 21.0 Å². The number of aliphatic carboxylic acids is 1. The van der Waals surface area contributed by atoms with E-state index in [0.717, 1.165) is 10.0 Å². The zero-order valence-corrected chi connectivity index (χ0v) is 14.2. The van der Waals surface area contributed by atoms with E-state index >= 15 is 0 Å². The number of carbonyl (C=O) groups is 1. The molecule has 2 aromatic rings. The number of nitrogens with zero attached hydrogens (tertiary/aromatic N) is 2. The summed E-state index contributed by atoms with van der Waals surface area (Å²) in [5.41, 5.74) is 2.85. The molecular weight excluding hydrogens is 356 g/mol. The van der Waals surface area contributed by atoms with Gasteiger partial charge in [0.2, 0.25) is 0 Å². The van der Waals surface area contributed by atoms with Gasteiger partial charge < -0.3 is 5.11 Å². The quantitative estimate of drug-likeness (QED) is 0.873. The van der Waals surface area contributed by atoms with E-state index in [-0.39, 0.29) is 0 Å². The van der Waals surface area contributed by atoms with Crippen LogP contribution >= 0.6 is 27.5 Å². The van der Waals surface area contributed by atoms with E-state index < -0.39 is 11.9 Å². The van der Waals surface area contributed by atoms with Gasteiger partial charge in [0.25, 0.3) is 0 Å². The predicted octanol–water partition coefficient (Wildman–Crippen LogP) is 4.36. The van der Waals surface area contributed by atoms with Crippen LogP contribution in [0.3, 0.4) is 0 Å². The number of carboxylic acid groups (broad SMARTS) is 1. The molecule has 1 aromatic heterocycles. The first-order valence-corrected chi connectivity index (χ1v) is 7.51. The summed E-state index contributed by atoms with van der Waals surface area (Å²) >= 11 is 9.35. The third-order valence-corrected chi connectivity index (χ3v) is 4.52. The Kier molecular flexibility index (Phi) is 4.64. The van der Waals surface area contributed by atoms with Crippen molar-refractivity contribution in [3.05, 3.63) is 44.6 Å². The number of hydrogen-bond acceptors (Lipinski definition) is 3. The van der Waals surface area contributed by atoms with Gasteiger partial charge in [0.15, 0.2) is 5.82 Å². The first-order chi connectivity index (χ1) is 9.81. The van der Waals surface area contributed by atoms with Crippen molar-refractivity contribution in [2.75, 3.05) is 0 Å². The number of benzene rings is 1. The highest BCUT2D eigenvalue weighted by Gasteiger charge is 2.21. The van der Waals surface area contributed by atoms with E-state index in [9.17, 15) is 4.79 Å². The highest BCUT2D eigenvalue weighted by molar-refractivity contribution is 9.10. The summed E-state index contributed by atoms with van der Waals surface area (Å²) in [6.45, 7) is 5.25.